The monoisotopic (exact) mass is 584 g/mol. The quantitative estimate of drug-likeness (QED) is 0.233. The first-order valence-corrected chi connectivity index (χ1v) is 15.2. The average Bonchev–Trinajstić information content (AvgIpc) is 3.41. The number of piperidine rings is 2. The molecule has 0 unspecified atom stereocenters. The molecule has 0 saturated carbocycles. The summed E-state index contributed by atoms with van der Waals surface area (Å²) in [5, 5.41) is 3.84. The van der Waals surface area contributed by atoms with Crippen LogP contribution in [0.3, 0.4) is 0 Å². The molecule has 1 aromatic carbocycles. The van der Waals surface area contributed by atoms with Crippen LogP contribution in [0, 0.1) is 11.8 Å². The van der Waals surface area contributed by atoms with Gasteiger partial charge in [0.15, 0.2) is 5.72 Å². The van der Waals surface area contributed by atoms with Gasteiger partial charge in [-0.25, -0.2) is 4.79 Å². The molecule has 6 rings (SSSR count). The van der Waals surface area contributed by atoms with Crippen molar-refractivity contribution < 1.29 is 37.8 Å². The van der Waals surface area contributed by atoms with Crippen molar-refractivity contribution in [2.45, 2.75) is 82.5 Å². The summed E-state index contributed by atoms with van der Waals surface area (Å²) in [7, 11) is 4.14. The lowest BCUT2D eigenvalue weighted by Gasteiger charge is -2.61. The molecule has 1 N–H and O–H groups in total. The van der Waals surface area contributed by atoms with Crippen molar-refractivity contribution in [3.8, 4) is 5.75 Å². The van der Waals surface area contributed by atoms with Crippen LogP contribution in [0.25, 0.3) is 0 Å². The van der Waals surface area contributed by atoms with E-state index in [1.165, 1.54) is 7.11 Å². The molecule has 10 nitrogen and oxygen atoms in total. The SMILES string of the molecule is CC[C@@H]1CN2CC[C@@]34OCCO[C@@]3(Nc3cc(B5OC(C)(C)C(C)(C)O5)cc(OC)c34)[C@@H]2C[C@@H]1/C(=C\OC)C(=O)OC. The first-order valence-electron chi connectivity index (χ1n) is 15.2. The molecule has 1 aromatic rings. The zero-order valence-corrected chi connectivity index (χ0v) is 26.2. The Morgan fingerprint density at radius 2 is 1.83 bits per heavy atom. The number of anilines is 1. The molecule has 4 fully saturated rings. The lowest BCUT2D eigenvalue weighted by Crippen LogP contribution is -2.75. The zero-order chi connectivity index (χ0) is 30.1. The molecule has 0 spiro atoms. The van der Waals surface area contributed by atoms with Gasteiger partial charge in [-0.2, -0.15) is 0 Å². The normalized spacial score (nSPS) is 34.9. The highest BCUT2D eigenvalue weighted by atomic mass is 16.7. The van der Waals surface area contributed by atoms with E-state index >= 15 is 0 Å². The van der Waals surface area contributed by atoms with Gasteiger partial charge in [-0.3, -0.25) is 4.90 Å². The Kier molecular flexibility index (Phi) is 7.37. The Balaban J connectivity index is 1.43. The summed E-state index contributed by atoms with van der Waals surface area (Å²) in [5.74, 6) is 0.569. The van der Waals surface area contributed by atoms with Gasteiger partial charge in [-0.15, -0.1) is 0 Å². The van der Waals surface area contributed by atoms with Crippen molar-refractivity contribution in [2.75, 3.05) is 52.9 Å². The highest BCUT2D eigenvalue weighted by Gasteiger charge is 2.71. The standard InChI is InChI=1S/C31H45BN2O8/c1-9-19-17-34-11-10-30-26-23(14-20(15-24(26)37-7)32-41-28(2,3)29(4,5)42-32)33-31(30,40-13-12-39-30)25(34)16-21(19)22(18-36-6)27(35)38-8/h14-15,18-19,21,25,33H,9-13,16-17H2,1-8H3/b22-18+/t19-,21+,25+,30+,31+/m1/s1. The average molecular weight is 585 g/mol. The summed E-state index contributed by atoms with van der Waals surface area (Å²) in [6.45, 7) is 13.0. The molecular weight excluding hydrogens is 539 g/mol. The Morgan fingerprint density at radius 3 is 2.48 bits per heavy atom. The van der Waals surface area contributed by atoms with E-state index in [-0.39, 0.29) is 23.8 Å². The summed E-state index contributed by atoms with van der Waals surface area (Å²) in [6.07, 6.45) is 3.91. The molecule has 5 heterocycles. The molecule has 4 saturated heterocycles. The van der Waals surface area contributed by atoms with Crippen molar-refractivity contribution in [3.63, 3.8) is 0 Å². The van der Waals surface area contributed by atoms with Crippen LogP contribution in [0.1, 0.15) is 59.4 Å². The minimum atomic E-state index is -0.876. The Hall–Kier alpha value is -2.31. The summed E-state index contributed by atoms with van der Waals surface area (Å²) < 4.78 is 43.1. The van der Waals surface area contributed by atoms with E-state index in [1.54, 1.807) is 20.5 Å². The van der Waals surface area contributed by atoms with Gasteiger partial charge in [-0.05, 0) is 70.0 Å². The van der Waals surface area contributed by atoms with Gasteiger partial charge in [0.1, 0.15) is 11.4 Å². The fourth-order valence-corrected chi connectivity index (χ4v) is 7.93. The number of carbonyl (C=O) groups excluding carboxylic acids is 1. The van der Waals surface area contributed by atoms with Crippen LogP contribution in [0.2, 0.25) is 0 Å². The third-order valence-electron chi connectivity index (χ3n) is 10.7. The summed E-state index contributed by atoms with van der Waals surface area (Å²) in [5.41, 5.74) is 0.733. The maximum absolute atomic E-state index is 13.0. The number of rotatable bonds is 6. The van der Waals surface area contributed by atoms with Gasteiger partial charge in [0.2, 0.25) is 0 Å². The van der Waals surface area contributed by atoms with Gasteiger partial charge in [0, 0.05) is 18.8 Å². The van der Waals surface area contributed by atoms with Crippen LogP contribution in [0.5, 0.6) is 5.75 Å². The number of hydrogen-bond acceptors (Lipinski definition) is 10. The molecule has 0 amide bonds. The van der Waals surface area contributed by atoms with E-state index in [2.05, 4.69) is 50.9 Å². The molecule has 0 bridgehead atoms. The van der Waals surface area contributed by atoms with Crippen LogP contribution in [0.4, 0.5) is 5.69 Å². The van der Waals surface area contributed by atoms with Gasteiger partial charge in [0.05, 0.1) is 69.2 Å². The lowest BCUT2D eigenvalue weighted by molar-refractivity contribution is -0.297. The highest BCUT2D eigenvalue weighted by molar-refractivity contribution is 6.62. The molecule has 0 aliphatic carbocycles. The Morgan fingerprint density at radius 1 is 1.12 bits per heavy atom. The fourth-order valence-electron chi connectivity index (χ4n) is 7.93. The summed E-state index contributed by atoms with van der Waals surface area (Å²) >= 11 is 0. The lowest BCUT2D eigenvalue weighted by atomic mass is 9.66. The third-order valence-corrected chi connectivity index (χ3v) is 10.7. The number of ether oxygens (including phenoxy) is 5. The maximum Gasteiger partial charge on any atom is 0.495 e. The van der Waals surface area contributed by atoms with E-state index in [0.717, 1.165) is 48.4 Å². The predicted molar refractivity (Wildman–Crippen MR) is 158 cm³/mol. The summed E-state index contributed by atoms with van der Waals surface area (Å²) in [4.78, 5) is 15.5. The first-order chi connectivity index (χ1) is 20.0. The van der Waals surface area contributed by atoms with Crippen LogP contribution < -0.4 is 15.5 Å². The number of carbonyl (C=O) groups is 1. The highest BCUT2D eigenvalue weighted by Crippen LogP contribution is 2.61. The number of nitrogens with one attached hydrogen (secondary N) is 1. The molecule has 42 heavy (non-hydrogen) atoms. The van der Waals surface area contributed by atoms with Crippen LogP contribution in [-0.2, 0) is 38.7 Å². The second-order valence-corrected chi connectivity index (χ2v) is 13.2. The second-order valence-electron chi connectivity index (χ2n) is 13.2. The molecule has 230 valence electrons. The van der Waals surface area contributed by atoms with Crippen molar-refractivity contribution in [1.29, 1.82) is 0 Å². The number of nitrogens with zero attached hydrogens (tertiary/aromatic N) is 1. The van der Waals surface area contributed by atoms with Gasteiger partial charge in [-0.1, -0.05) is 13.3 Å². The third kappa shape index (κ3) is 4.14. The second kappa shape index (κ2) is 10.4. The molecule has 11 heteroatoms. The molecular formula is C31H45BN2O8. The predicted octanol–water partition coefficient (Wildman–Crippen LogP) is 3.18. The topological polar surface area (TPSA) is 97.0 Å². The van der Waals surface area contributed by atoms with Crippen LogP contribution in [0.15, 0.2) is 24.0 Å². The Labute approximate surface area is 249 Å². The van der Waals surface area contributed by atoms with Gasteiger partial charge in [0.25, 0.3) is 0 Å². The van der Waals surface area contributed by atoms with Gasteiger partial charge < -0.3 is 38.3 Å². The number of esters is 1. The maximum atomic E-state index is 13.0. The molecule has 5 aliphatic rings. The Bertz CT molecular complexity index is 1250. The van der Waals surface area contributed by atoms with Crippen molar-refractivity contribution >= 4 is 24.2 Å². The minimum Gasteiger partial charge on any atom is -0.504 e. The molecule has 0 aromatic heterocycles. The van der Waals surface area contributed by atoms with Crippen LogP contribution in [-0.4, -0.2) is 88.6 Å². The smallest absolute Gasteiger partial charge is 0.495 e. The fraction of sp³-hybridized carbons (Fsp3) is 0.710. The number of hydrogen-bond donors (Lipinski definition) is 1. The summed E-state index contributed by atoms with van der Waals surface area (Å²) in [6, 6.07) is 4.04. The van der Waals surface area contributed by atoms with Crippen molar-refractivity contribution in [1.82, 2.24) is 4.90 Å². The molecule has 5 atom stereocenters. The van der Waals surface area contributed by atoms with E-state index in [1.807, 2.05) is 6.07 Å². The van der Waals surface area contributed by atoms with E-state index in [9.17, 15) is 4.79 Å². The minimum absolute atomic E-state index is 0.0629. The molecule has 5 aliphatic heterocycles. The van der Waals surface area contributed by atoms with Gasteiger partial charge >= 0.3 is 13.1 Å². The molecule has 0 radical (unpaired) electrons. The van der Waals surface area contributed by atoms with E-state index in [4.69, 9.17) is 33.0 Å². The number of methoxy groups -OCH3 is 3. The zero-order valence-electron chi connectivity index (χ0n) is 26.2. The largest absolute Gasteiger partial charge is 0.504 e. The van der Waals surface area contributed by atoms with E-state index < -0.39 is 29.6 Å². The first kappa shape index (κ1) is 29.8. The van der Waals surface area contributed by atoms with Crippen LogP contribution >= 0.6 is 0 Å². The number of benzene rings is 1. The number of fused-ring (bicyclic) bond motifs is 2. The van der Waals surface area contributed by atoms with Crippen molar-refractivity contribution in [3.05, 3.63) is 29.5 Å². The van der Waals surface area contributed by atoms with Crippen molar-refractivity contribution in [2.24, 2.45) is 11.8 Å². The van der Waals surface area contributed by atoms with E-state index in [0.29, 0.717) is 25.2 Å².